The maximum atomic E-state index is 12.0. The number of nitrogens with zero attached hydrogens (tertiary/aromatic N) is 1. The van der Waals surface area contributed by atoms with E-state index in [0.717, 1.165) is 22.1 Å². The Morgan fingerprint density at radius 3 is 2.82 bits per heavy atom. The van der Waals surface area contributed by atoms with E-state index in [1.807, 2.05) is 30.3 Å². The molecule has 2 aliphatic rings. The molecule has 0 radical (unpaired) electrons. The van der Waals surface area contributed by atoms with Crippen LogP contribution in [0.2, 0.25) is 5.02 Å². The average Bonchev–Trinajstić information content (AvgIpc) is 3.03. The van der Waals surface area contributed by atoms with E-state index in [0.29, 0.717) is 9.23 Å². The van der Waals surface area contributed by atoms with Gasteiger partial charge in [0, 0.05) is 23.4 Å². The van der Waals surface area contributed by atoms with Crippen molar-refractivity contribution in [3.63, 3.8) is 0 Å². The third-order valence-corrected chi connectivity index (χ3v) is 5.95. The third-order valence-electron chi connectivity index (χ3n) is 3.12. The fourth-order valence-corrected chi connectivity index (χ4v) is 4.20. The second-order valence-corrected chi connectivity index (χ2v) is 8.05. The first-order chi connectivity index (χ1) is 10.5. The van der Waals surface area contributed by atoms with E-state index >= 15 is 0 Å². The summed E-state index contributed by atoms with van der Waals surface area (Å²) in [6, 6.07) is 7.66. The summed E-state index contributed by atoms with van der Waals surface area (Å²) >= 11 is 13.9. The zero-order valence-electron chi connectivity index (χ0n) is 11.6. The lowest BCUT2D eigenvalue weighted by atomic mass is 10.3. The van der Waals surface area contributed by atoms with Gasteiger partial charge in [-0.15, -0.1) is 0 Å². The number of halogens is 1. The number of rotatable bonds is 3. The molecule has 0 N–H and O–H groups in total. The van der Waals surface area contributed by atoms with Gasteiger partial charge >= 0.3 is 0 Å². The van der Waals surface area contributed by atoms with Crippen LogP contribution in [0.15, 0.2) is 52.0 Å². The van der Waals surface area contributed by atoms with Crippen molar-refractivity contribution in [3.8, 4) is 0 Å². The highest BCUT2D eigenvalue weighted by Gasteiger charge is 2.30. The van der Waals surface area contributed by atoms with E-state index in [1.165, 1.54) is 16.7 Å². The molecule has 1 saturated heterocycles. The number of likely N-dealkylation sites (N-methyl/N-ethyl adjacent to an activating group) is 1. The number of hydrogen-bond donors (Lipinski definition) is 0. The Balaban J connectivity index is 1.61. The lowest BCUT2D eigenvalue weighted by Gasteiger charge is -2.11. The number of carbonyl (C=O) groups is 1. The largest absolute Gasteiger partial charge is 0.479 e. The molecule has 3 nitrogen and oxygen atoms in total. The number of amides is 1. The Bertz CT molecular complexity index is 685. The zero-order chi connectivity index (χ0) is 15.7. The molecule has 1 aromatic carbocycles. The fourth-order valence-electron chi connectivity index (χ4n) is 1.97. The van der Waals surface area contributed by atoms with E-state index < -0.39 is 0 Å². The second kappa shape index (κ2) is 6.66. The van der Waals surface area contributed by atoms with Gasteiger partial charge in [-0.1, -0.05) is 47.3 Å². The quantitative estimate of drug-likeness (QED) is 0.580. The highest BCUT2D eigenvalue weighted by molar-refractivity contribution is 8.26. The number of benzene rings is 1. The Morgan fingerprint density at radius 2 is 2.18 bits per heavy atom. The van der Waals surface area contributed by atoms with Gasteiger partial charge < -0.3 is 4.74 Å². The van der Waals surface area contributed by atoms with Crippen LogP contribution in [0, 0.1) is 0 Å². The Morgan fingerprint density at radius 1 is 1.45 bits per heavy atom. The SMILES string of the molecule is CN1C(=O)/C(=C\C2=CCC(Sc3ccc(Cl)cc3)O2)SC1=S. The van der Waals surface area contributed by atoms with Crippen LogP contribution in [0.5, 0.6) is 0 Å². The summed E-state index contributed by atoms with van der Waals surface area (Å²) in [7, 11) is 1.68. The molecular formula is C15H12ClNO2S3. The van der Waals surface area contributed by atoms with Crippen molar-refractivity contribution < 1.29 is 9.53 Å². The van der Waals surface area contributed by atoms with Gasteiger partial charge in [0.25, 0.3) is 5.91 Å². The molecule has 0 bridgehead atoms. The van der Waals surface area contributed by atoms with Gasteiger partial charge in [-0.05, 0) is 36.4 Å². The predicted molar refractivity (Wildman–Crippen MR) is 95.9 cm³/mol. The summed E-state index contributed by atoms with van der Waals surface area (Å²) in [5.41, 5.74) is 0.0132. The molecule has 0 aliphatic carbocycles. The van der Waals surface area contributed by atoms with Crippen molar-refractivity contribution >= 4 is 57.6 Å². The summed E-state index contributed by atoms with van der Waals surface area (Å²) in [4.78, 5) is 15.1. The molecule has 1 unspecified atom stereocenters. The summed E-state index contributed by atoms with van der Waals surface area (Å²) in [6.07, 6.45) is 4.56. The van der Waals surface area contributed by atoms with Gasteiger partial charge in [-0.25, -0.2) is 0 Å². The average molecular weight is 370 g/mol. The first-order valence-electron chi connectivity index (χ1n) is 6.53. The number of thiocarbonyl (C=S) groups is 1. The van der Waals surface area contributed by atoms with Gasteiger partial charge in [-0.2, -0.15) is 0 Å². The number of ether oxygens (including phenoxy) is 1. The van der Waals surface area contributed by atoms with Gasteiger partial charge in [0.05, 0.1) is 4.91 Å². The molecule has 7 heteroatoms. The minimum absolute atomic E-state index is 0.0132. The van der Waals surface area contributed by atoms with Crippen molar-refractivity contribution in [1.82, 2.24) is 4.90 Å². The van der Waals surface area contributed by atoms with Crippen molar-refractivity contribution in [2.75, 3.05) is 7.05 Å². The van der Waals surface area contributed by atoms with Gasteiger partial charge in [0.15, 0.2) is 5.44 Å². The fraction of sp³-hybridized carbons (Fsp3) is 0.200. The minimum Gasteiger partial charge on any atom is -0.479 e. The van der Waals surface area contributed by atoms with Crippen LogP contribution >= 0.6 is 47.3 Å². The van der Waals surface area contributed by atoms with Crippen LogP contribution in [0.3, 0.4) is 0 Å². The van der Waals surface area contributed by atoms with E-state index in [2.05, 4.69) is 0 Å². The monoisotopic (exact) mass is 369 g/mol. The van der Waals surface area contributed by atoms with Crippen LogP contribution in [0.25, 0.3) is 0 Å². The molecule has 0 spiro atoms. The number of carbonyl (C=O) groups excluding carboxylic acids is 1. The van der Waals surface area contributed by atoms with Crippen molar-refractivity contribution in [3.05, 3.63) is 52.1 Å². The first kappa shape index (κ1) is 15.9. The standard InChI is InChI=1S/C15H12ClNO2S3/c1-17-14(18)12(22-15(17)20)8-10-4-7-13(19-10)21-11-5-2-9(16)3-6-11/h2-6,8,13H,7H2,1H3/b12-8+. The van der Waals surface area contributed by atoms with Gasteiger partial charge in [-0.3, -0.25) is 9.69 Å². The topological polar surface area (TPSA) is 29.5 Å². The molecule has 1 aromatic rings. The molecule has 22 heavy (non-hydrogen) atoms. The summed E-state index contributed by atoms with van der Waals surface area (Å²) in [5, 5.41) is 0.720. The summed E-state index contributed by atoms with van der Waals surface area (Å²) in [5.74, 6) is 0.647. The molecule has 1 atom stereocenters. The summed E-state index contributed by atoms with van der Waals surface area (Å²) < 4.78 is 6.43. The predicted octanol–water partition coefficient (Wildman–Crippen LogP) is 4.44. The third kappa shape index (κ3) is 3.51. The van der Waals surface area contributed by atoms with E-state index in [1.54, 1.807) is 24.9 Å². The highest BCUT2D eigenvalue weighted by Crippen LogP contribution is 2.36. The van der Waals surface area contributed by atoms with E-state index in [9.17, 15) is 4.79 Å². The lowest BCUT2D eigenvalue weighted by molar-refractivity contribution is -0.121. The van der Waals surface area contributed by atoms with Crippen LogP contribution in [-0.2, 0) is 9.53 Å². The number of allylic oxidation sites excluding steroid dienone is 1. The van der Waals surface area contributed by atoms with Crippen LogP contribution in [0.1, 0.15) is 6.42 Å². The molecule has 3 rings (SSSR count). The maximum absolute atomic E-state index is 12.0. The summed E-state index contributed by atoms with van der Waals surface area (Å²) in [6.45, 7) is 0. The maximum Gasteiger partial charge on any atom is 0.266 e. The van der Waals surface area contributed by atoms with Gasteiger partial charge in [0.2, 0.25) is 0 Å². The van der Waals surface area contributed by atoms with Crippen LogP contribution < -0.4 is 0 Å². The normalized spacial score (nSPS) is 23.2. The van der Waals surface area contributed by atoms with Crippen molar-refractivity contribution in [2.45, 2.75) is 16.8 Å². The minimum atomic E-state index is -0.0756. The number of thioether (sulfide) groups is 2. The molecule has 0 aromatic heterocycles. The van der Waals surface area contributed by atoms with Crippen molar-refractivity contribution in [2.24, 2.45) is 0 Å². The molecular weight excluding hydrogens is 358 g/mol. The zero-order valence-corrected chi connectivity index (χ0v) is 14.8. The van der Waals surface area contributed by atoms with E-state index in [-0.39, 0.29) is 11.3 Å². The van der Waals surface area contributed by atoms with E-state index in [4.69, 9.17) is 28.6 Å². The Hall–Kier alpha value is -0.950. The van der Waals surface area contributed by atoms with Crippen LogP contribution in [0.4, 0.5) is 0 Å². The highest BCUT2D eigenvalue weighted by atomic mass is 35.5. The molecule has 2 aliphatic heterocycles. The smallest absolute Gasteiger partial charge is 0.266 e. The Labute approximate surface area is 147 Å². The molecule has 0 saturated carbocycles. The molecule has 2 heterocycles. The molecule has 114 valence electrons. The molecule has 1 fully saturated rings. The van der Waals surface area contributed by atoms with Crippen LogP contribution in [-0.4, -0.2) is 27.6 Å². The number of hydrogen-bond acceptors (Lipinski definition) is 5. The first-order valence-corrected chi connectivity index (χ1v) is 9.02. The second-order valence-electron chi connectivity index (χ2n) is 4.70. The Kier molecular flexibility index (Phi) is 4.82. The van der Waals surface area contributed by atoms with Crippen molar-refractivity contribution in [1.29, 1.82) is 0 Å². The molecule has 1 amide bonds. The van der Waals surface area contributed by atoms with Gasteiger partial charge in [0.1, 0.15) is 10.1 Å². The lowest BCUT2D eigenvalue weighted by Crippen LogP contribution is -2.22.